The van der Waals surface area contributed by atoms with Crippen molar-refractivity contribution in [2.75, 3.05) is 20.6 Å². The number of aryl methyl sites for hydroxylation is 2. The fourth-order valence-corrected chi connectivity index (χ4v) is 4.56. The van der Waals surface area contributed by atoms with Crippen LogP contribution in [-0.4, -0.2) is 41.0 Å². The molecule has 1 atom stereocenters. The van der Waals surface area contributed by atoms with E-state index in [0.29, 0.717) is 6.42 Å². The highest BCUT2D eigenvalue weighted by Crippen LogP contribution is 2.34. The first-order valence-electron chi connectivity index (χ1n) is 10.4. The third kappa shape index (κ3) is 3.92. The Bertz CT molecular complexity index is 1050. The number of amides is 1. The summed E-state index contributed by atoms with van der Waals surface area (Å²) >= 11 is 0. The van der Waals surface area contributed by atoms with E-state index in [0.717, 1.165) is 31.7 Å². The maximum absolute atomic E-state index is 12.3. The summed E-state index contributed by atoms with van der Waals surface area (Å²) in [7, 11) is 3.90. The smallest absolute Gasteiger partial charge is 0.220 e. The lowest BCUT2D eigenvalue weighted by molar-refractivity contribution is -0.121. The first-order valence-corrected chi connectivity index (χ1v) is 10.4. The molecule has 0 bridgehead atoms. The zero-order valence-electron chi connectivity index (χ0n) is 17.8. The van der Waals surface area contributed by atoms with Gasteiger partial charge < -0.3 is 14.8 Å². The van der Waals surface area contributed by atoms with Gasteiger partial charge in [-0.05, 0) is 56.3 Å². The number of likely N-dealkylation sites (N-methyl/N-ethyl adjacent to an activating group) is 1. The van der Waals surface area contributed by atoms with Gasteiger partial charge in [0.25, 0.3) is 0 Å². The van der Waals surface area contributed by atoms with Crippen LogP contribution in [0.5, 0.6) is 0 Å². The molecule has 0 spiro atoms. The zero-order chi connectivity index (χ0) is 20.5. The predicted octanol–water partition coefficient (Wildman–Crippen LogP) is 3.56. The van der Waals surface area contributed by atoms with Gasteiger partial charge in [-0.3, -0.25) is 9.78 Å². The van der Waals surface area contributed by atoms with Crippen LogP contribution in [0.25, 0.3) is 10.9 Å². The molecule has 1 unspecified atom stereocenters. The highest BCUT2D eigenvalue weighted by Gasteiger charge is 2.25. The summed E-state index contributed by atoms with van der Waals surface area (Å²) in [6.45, 7) is 7.01. The van der Waals surface area contributed by atoms with Gasteiger partial charge in [0.2, 0.25) is 5.91 Å². The van der Waals surface area contributed by atoms with Crippen LogP contribution in [0.4, 0.5) is 0 Å². The highest BCUT2D eigenvalue weighted by molar-refractivity contribution is 5.86. The second-order valence-electron chi connectivity index (χ2n) is 8.35. The Labute approximate surface area is 172 Å². The SMILES string of the molecule is CNC(=O)CC(Cn1c2c(c3cc(C)ccc31)CN(C)CC2)c1ccnc(C)c1. The Balaban J connectivity index is 1.81. The van der Waals surface area contributed by atoms with E-state index in [4.69, 9.17) is 0 Å². The number of carbonyl (C=O) groups excluding carboxylic acids is 1. The van der Waals surface area contributed by atoms with Crippen molar-refractivity contribution in [3.05, 3.63) is 64.6 Å². The highest BCUT2D eigenvalue weighted by atomic mass is 16.1. The molecule has 2 aromatic heterocycles. The number of benzene rings is 1. The molecular formula is C24H30N4O. The van der Waals surface area contributed by atoms with E-state index in [9.17, 15) is 4.79 Å². The molecule has 1 N–H and O–H groups in total. The number of carbonyl (C=O) groups is 1. The number of nitrogens with zero attached hydrogens (tertiary/aromatic N) is 3. The van der Waals surface area contributed by atoms with Crippen LogP contribution in [0, 0.1) is 13.8 Å². The number of rotatable bonds is 5. The number of pyridine rings is 1. The second kappa shape index (κ2) is 7.99. The summed E-state index contributed by atoms with van der Waals surface area (Å²) in [5, 5.41) is 4.16. The van der Waals surface area contributed by atoms with Gasteiger partial charge in [0.15, 0.2) is 0 Å². The average molecular weight is 391 g/mol. The fraction of sp³-hybridized carbons (Fsp3) is 0.417. The lowest BCUT2D eigenvalue weighted by Crippen LogP contribution is -2.28. The summed E-state index contributed by atoms with van der Waals surface area (Å²) in [6, 6.07) is 10.9. The Hall–Kier alpha value is -2.66. The molecule has 1 aromatic carbocycles. The minimum Gasteiger partial charge on any atom is -0.359 e. The van der Waals surface area contributed by atoms with Crippen LogP contribution in [0.3, 0.4) is 0 Å². The molecule has 5 heteroatoms. The van der Waals surface area contributed by atoms with Gasteiger partial charge in [-0.2, -0.15) is 0 Å². The molecule has 29 heavy (non-hydrogen) atoms. The van der Waals surface area contributed by atoms with Crippen LogP contribution in [0.2, 0.25) is 0 Å². The molecule has 1 amide bonds. The lowest BCUT2D eigenvalue weighted by Gasteiger charge is -2.26. The van der Waals surface area contributed by atoms with Crippen molar-refractivity contribution in [1.82, 2.24) is 19.8 Å². The Morgan fingerprint density at radius 2 is 2.07 bits per heavy atom. The first-order chi connectivity index (χ1) is 14.0. The van der Waals surface area contributed by atoms with Gasteiger partial charge in [0, 0.05) is 73.9 Å². The first kappa shape index (κ1) is 19.6. The zero-order valence-corrected chi connectivity index (χ0v) is 17.8. The van der Waals surface area contributed by atoms with Gasteiger partial charge >= 0.3 is 0 Å². The van der Waals surface area contributed by atoms with Crippen molar-refractivity contribution >= 4 is 16.8 Å². The van der Waals surface area contributed by atoms with Gasteiger partial charge in [0.05, 0.1) is 0 Å². The molecule has 1 aliphatic heterocycles. The molecule has 152 valence electrons. The summed E-state index contributed by atoms with van der Waals surface area (Å²) in [5.74, 6) is 0.183. The van der Waals surface area contributed by atoms with Gasteiger partial charge in [-0.15, -0.1) is 0 Å². The minimum atomic E-state index is 0.0744. The van der Waals surface area contributed by atoms with E-state index >= 15 is 0 Å². The van der Waals surface area contributed by atoms with Crippen LogP contribution in [0.1, 0.15) is 40.4 Å². The van der Waals surface area contributed by atoms with Crippen molar-refractivity contribution in [3.8, 4) is 0 Å². The lowest BCUT2D eigenvalue weighted by atomic mass is 9.95. The molecule has 0 saturated carbocycles. The van der Waals surface area contributed by atoms with Crippen LogP contribution < -0.4 is 5.32 Å². The molecule has 5 nitrogen and oxygen atoms in total. The van der Waals surface area contributed by atoms with E-state index < -0.39 is 0 Å². The number of fused-ring (bicyclic) bond motifs is 3. The number of aromatic nitrogens is 2. The quantitative estimate of drug-likeness (QED) is 0.725. The van der Waals surface area contributed by atoms with Crippen molar-refractivity contribution in [3.63, 3.8) is 0 Å². The molecule has 0 radical (unpaired) electrons. The molecule has 1 aliphatic rings. The number of nitrogens with one attached hydrogen (secondary N) is 1. The maximum Gasteiger partial charge on any atom is 0.220 e. The summed E-state index contributed by atoms with van der Waals surface area (Å²) in [6.07, 6.45) is 3.37. The second-order valence-corrected chi connectivity index (χ2v) is 8.35. The summed E-state index contributed by atoms with van der Waals surface area (Å²) in [4.78, 5) is 19.0. The van der Waals surface area contributed by atoms with E-state index in [1.807, 2.05) is 13.1 Å². The van der Waals surface area contributed by atoms with Crippen LogP contribution in [-0.2, 0) is 24.3 Å². The van der Waals surface area contributed by atoms with Crippen LogP contribution in [0.15, 0.2) is 36.5 Å². The molecular weight excluding hydrogens is 360 g/mol. The fourth-order valence-electron chi connectivity index (χ4n) is 4.56. The van der Waals surface area contributed by atoms with E-state index in [2.05, 4.69) is 64.1 Å². The van der Waals surface area contributed by atoms with Crippen LogP contribution >= 0.6 is 0 Å². The monoisotopic (exact) mass is 390 g/mol. The summed E-state index contributed by atoms with van der Waals surface area (Å²) in [5.41, 5.74) is 7.61. The molecule has 3 aromatic rings. The Morgan fingerprint density at radius 1 is 1.24 bits per heavy atom. The number of hydrogen-bond donors (Lipinski definition) is 1. The van der Waals surface area contributed by atoms with Crippen molar-refractivity contribution in [2.45, 2.75) is 45.7 Å². The average Bonchev–Trinajstić information content (AvgIpc) is 2.99. The molecule has 4 rings (SSSR count). The minimum absolute atomic E-state index is 0.0744. The van der Waals surface area contributed by atoms with Crippen molar-refractivity contribution in [1.29, 1.82) is 0 Å². The predicted molar refractivity (Wildman–Crippen MR) is 117 cm³/mol. The molecule has 0 saturated heterocycles. The van der Waals surface area contributed by atoms with E-state index in [1.165, 1.54) is 33.3 Å². The Morgan fingerprint density at radius 3 is 2.83 bits per heavy atom. The topological polar surface area (TPSA) is 50.2 Å². The molecule has 3 heterocycles. The van der Waals surface area contributed by atoms with Crippen molar-refractivity contribution < 1.29 is 4.79 Å². The van der Waals surface area contributed by atoms with E-state index in [-0.39, 0.29) is 11.8 Å². The largest absolute Gasteiger partial charge is 0.359 e. The number of hydrogen-bond acceptors (Lipinski definition) is 3. The summed E-state index contributed by atoms with van der Waals surface area (Å²) < 4.78 is 2.47. The Kier molecular flexibility index (Phi) is 5.41. The van der Waals surface area contributed by atoms with Gasteiger partial charge in [0.1, 0.15) is 0 Å². The van der Waals surface area contributed by atoms with Gasteiger partial charge in [-0.1, -0.05) is 11.6 Å². The van der Waals surface area contributed by atoms with Gasteiger partial charge in [-0.25, -0.2) is 0 Å². The maximum atomic E-state index is 12.3. The molecule has 0 aliphatic carbocycles. The standard InChI is InChI=1S/C24H30N4O/c1-16-5-6-22-20(11-16)21-15-27(4)10-8-23(21)28(22)14-19(13-24(29)25-3)18-7-9-26-17(2)12-18/h5-7,9,11-12,19H,8,10,13-15H2,1-4H3,(H,25,29). The third-order valence-electron chi connectivity index (χ3n) is 6.11. The van der Waals surface area contributed by atoms with Crippen molar-refractivity contribution in [2.24, 2.45) is 0 Å². The van der Waals surface area contributed by atoms with E-state index in [1.54, 1.807) is 7.05 Å². The third-order valence-corrected chi connectivity index (χ3v) is 6.11. The molecule has 0 fully saturated rings. The normalized spacial score (nSPS) is 15.3.